The highest BCUT2D eigenvalue weighted by molar-refractivity contribution is 9.10. The van der Waals surface area contributed by atoms with Gasteiger partial charge in [-0.15, -0.1) is 0 Å². The van der Waals surface area contributed by atoms with Crippen LogP contribution in [0.5, 0.6) is 0 Å². The zero-order valence-electron chi connectivity index (χ0n) is 25.1. The van der Waals surface area contributed by atoms with Crippen LogP contribution in [0.2, 0.25) is 0 Å². The third kappa shape index (κ3) is 3.76. The third-order valence-electron chi connectivity index (χ3n) is 10.7. The highest BCUT2D eigenvalue weighted by Gasteiger charge is 2.56. The Morgan fingerprint density at radius 1 is 0.595 bits per heavy atom. The summed E-state index contributed by atoms with van der Waals surface area (Å²) in [5, 5.41) is 2.25. The second kappa shape index (κ2) is 9.34. The van der Waals surface area contributed by atoms with E-state index < -0.39 is 0 Å². The maximum Gasteiger partial charge on any atom is 0.159 e. The van der Waals surface area contributed by atoms with Crippen molar-refractivity contribution in [2.45, 2.75) is 52.4 Å². The Hall–Kier alpha value is -3.82. The summed E-state index contributed by atoms with van der Waals surface area (Å²) < 4.78 is 7.61. The zero-order valence-corrected chi connectivity index (χ0v) is 26.7. The van der Waals surface area contributed by atoms with Gasteiger partial charge in [0.2, 0.25) is 0 Å². The van der Waals surface area contributed by atoms with E-state index in [0.717, 1.165) is 43.5 Å². The summed E-state index contributed by atoms with van der Waals surface area (Å²) in [6.45, 7) is 14.4. The van der Waals surface area contributed by atoms with Gasteiger partial charge in [-0.05, 0) is 87.0 Å². The molecule has 1 aromatic heterocycles. The molecule has 7 rings (SSSR count). The Kier molecular flexibility index (Phi) is 6.01. The van der Waals surface area contributed by atoms with Gasteiger partial charge < -0.3 is 9.32 Å². The van der Waals surface area contributed by atoms with Gasteiger partial charge in [0, 0.05) is 26.6 Å². The van der Waals surface area contributed by atoms with Gasteiger partial charge in [0.1, 0.15) is 5.58 Å². The summed E-state index contributed by atoms with van der Waals surface area (Å²) in [7, 11) is 0. The minimum absolute atomic E-state index is 0.0522. The van der Waals surface area contributed by atoms with Gasteiger partial charge in [0.05, 0.1) is 5.69 Å². The van der Waals surface area contributed by atoms with Crippen LogP contribution in [0.25, 0.3) is 33.1 Å². The lowest BCUT2D eigenvalue weighted by atomic mass is 9.59. The molecule has 1 aliphatic rings. The molecule has 0 aliphatic heterocycles. The van der Waals surface area contributed by atoms with Crippen molar-refractivity contribution in [1.82, 2.24) is 0 Å². The van der Waals surface area contributed by atoms with Crippen molar-refractivity contribution in [2.75, 3.05) is 4.90 Å². The number of para-hydroxylation sites is 3. The predicted molar refractivity (Wildman–Crippen MR) is 181 cm³/mol. The number of fused-ring (bicyclic) bond motifs is 4. The molecule has 0 fully saturated rings. The van der Waals surface area contributed by atoms with Crippen molar-refractivity contribution in [1.29, 1.82) is 0 Å². The summed E-state index contributed by atoms with van der Waals surface area (Å²) in [5.41, 5.74) is 10.5. The molecule has 0 radical (unpaired) electrons. The number of furan rings is 1. The topological polar surface area (TPSA) is 16.4 Å². The van der Waals surface area contributed by atoms with Crippen LogP contribution in [0.15, 0.2) is 118 Å². The number of nitrogens with zero attached hydrogens (tertiary/aromatic N) is 1. The van der Waals surface area contributed by atoms with Gasteiger partial charge in [-0.25, -0.2) is 0 Å². The Morgan fingerprint density at radius 3 is 1.90 bits per heavy atom. The summed E-state index contributed by atoms with van der Waals surface area (Å²) in [4.78, 5) is 2.29. The number of hydrogen-bond donors (Lipinski definition) is 0. The Labute approximate surface area is 257 Å². The first-order valence-corrected chi connectivity index (χ1v) is 15.5. The van der Waals surface area contributed by atoms with Crippen molar-refractivity contribution in [2.24, 2.45) is 5.41 Å². The van der Waals surface area contributed by atoms with E-state index in [4.69, 9.17) is 4.42 Å². The molecule has 6 aromatic rings. The highest BCUT2D eigenvalue weighted by Crippen LogP contribution is 2.62. The quantitative estimate of drug-likeness (QED) is 0.196. The number of benzene rings is 5. The molecule has 210 valence electrons. The standard InChI is InChI=1S/C39H36BrNO/c1-37(2)31-23-30(33(40)24-32(31)38(3,4)39(37,5)6)25-19-21-27(22-20-25)41(26-13-8-7-9-14-26)34-17-12-16-29-28-15-10-11-18-35(28)42-36(29)34/h7-24H,1-6H3. The molecular weight excluding hydrogens is 578 g/mol. The van der Waals surface area contributed by atoms with Crippen LogP contribution in [-0.4, -0.2) is 0 Å². The number of halogens is 1. The Morgan fingerprint density at radius 2 is 1.19 bits per heavy atom. The van der Waals surface area contributed by atoms with E-state index in [1.165, 1.54) is 22.3 Å². The van der Waals surface area contributed by atoms with Gasteiger partial charge in [0.25, 0.3) is 0 Å². The van der Waals surface area contributed by atoms with Crippen LogP contribution in [0, 0.1) is 5.41 Å². The molecule has 5 aromatic carbocycles. The fourth-order valence-corrected chi connectivity index (χ4v) is 7.56. The molecule has 0 saturated carbocycles. The van der Waals surface area contributed by atoms with E-state index in [1.54, 1.807) is 0 Å². The van der Waals surface area contributed by atoms with Gasteiger partial charge in [0.15, 0.2) is 5.58 Å². The minimum Gasteiger partial charge on any atom is -0.454 e. The van der Waals surface area contributed by atoms with Crippen molar-refractivity contribution in [3.63, 3.8) is 0 Å². The lowest BCUT2D eigenvalue weighted by Gasteiger charge is -2.44. The van der Waals surface area contributed by atoms with Crippen molar-refractivity contribution in [3.8, 4) is 11.1 Å². The average molecular weight is 615 g/mol. The van der Waals surface area contributed by atoms with Crippen LogP contribution in [-0.2, 0) is 10.8 Å². The number of anilines is 3. The van der Waals surface area contributed by atoms with E-state index in [0.29, 0.717) is 0 Å². The summed E-state index contributed by atoms with van der Waals surface area (Å²) >= 11 is 3.96. The molecule has 0 unspecified atom stereocenters. The van der Waals surface area contributed by atoms with Crippen LogP contribution in [0.4, 0.5) is 17.1 Å². The molecule has 0 N–H and O–H groups in total. The second-order valence-corrected chi connectivity index (χ2v) is 14.1. The molecule has 1 heterocycles. The maximum atomic E-state index is 6.46. The molecule has 0 bridgehead atoms. The lowest BCUT2D eigenvalue weighted by molar-refractivity contribution is 0.125. The van der Waals surface area contributed by atoms with Gasteiger partial charge in [-0.1, -0.05) is 118 Å². The second-order valence-electron chi connectivity index (χ2n) is 13.2. The monoisotopic (exact) mass is 613 g/mol. The molecule has 1 aliphatic carbocycles. The first-order valence-electron chi connectivity index (χ1n) is 14.7. The molecule has 0 atom stereocenters. The molecule has 0 amide bonds. The van der Waals surface area contributed by atoms with Crippen molar-refractivity contribution >= 4 is 54.9 Å². The van der Waals surface area contributed by atoms with Gasteiger partial charge >= 0.3 is 0 Å². The maximum absolute atomic E-state index is 6.46. The largest absolute Gasteiger partial charge is 0.454 e. The average Bonchev–Trinajstić information content (AvgIpc) is 3.41. The lowest BCUT2D eigenvalue weighted by Crippen LogP contribution is -2.42. The smallest absolute Gasteiger partial charge is 0.159 e. The molecule has 42 heavy (non-hydrogen) atoms. The van der Waals surface area contributed by atoms with Gasteiger partial charge in [-0.2, -0.15) is 0 Å². The molecule has 2 nitrogen and oxygen atoms in total. The van der Waals surface area contributed by atoms with Crippen molar-refractivity contribution in [3.05, 3.63) is 125 Å². The molecule has 0 saturated heterocycles. The fraction of sp³-hybridized carbons (Fsp3) is 0.231. The van der Waals surface area contributed by atoms with E-state index >= 15 is 0 Å². The van der Waals surface area contributed by atoms with Gasteiger partial charge in [-0.3, -0.25) is 0 Å². The van der Waals surface area contributed by atoms with Crippen molar-refractivity contribution < 1.29 is 4.42 Å². The van der Waals surface area contributed by atoms with Crippen LogP contribution in [0.1, 0.15) is 52.7 Å². The third-order valence-corrected chi connectivity index (χ3v) is 11.3. The first kappa shape index (κ1) is 27.0. The number of rotatable bonds is 4. The van der Waals surface area contributed by atoms with E-state index in [9.17, 15) is 0 Å². The summed E-state index contributed by atoms with van der Waals surface area (Å²) in [6.07, 6.45) is 0. The molecule has 0 spiro atoms. The summed E-state index contributed by atoms with van der Waals surface area (Å²) in [6, 6.07) is 38.9. The predicted octanol–water partition coefficient (Wildman–Crippen LogP) is 12.1. The van der Waals surface area contributed by atoms with E-state index in [2.05, 4.69) is 159 Å². The molecular formula is C39H36BrNO. The number of hydrogen-bond acceptors (Lipinski definition) is 2. The highest BCUT2D eigenvalue weighted by atomic mass is 79.9. The van der Waals surface area contributed by atoms with Crippen LogP contribution in [0.3, 0.4) is 0 Å². The Balaban J connectivity index is 1.36. The SMILES string of the molecule is CC1(C)c2cc(Br)c(-c3ccc(N(c4ccccc4)c4cccc5c4oc4ccccc45)cc3)cc2C(C)(C)C1(C)C. The van der Waals surface area contributed by atoms with Crippen LogP contribution < -0.4 is 4.90 Å². The normalized spacial score (nSPS) is 16.5. The van der Waals surface area contributed by atoms with E-state index in [1.807, 2.05) is 12.1 Å². The Bertz CT molecular complexity index is 1960. The zero-order chi connectivity index (χ0) is 29.4. The summed E-state index contributed by atoms with van der Waals surface area (Å²) in [5.74, 6) is 0. The fourth-order valence-electron chi connectivity index (χ4n) is 6.99. The van der Waals surface area contributed by atoms with E-state index in [-0.39, 0.29) is 16.2 Å². The molecule has 3 heteroatoms. The minimum atomic E-state index is 0.0522. The first-order chi connectivity index (χ1) is 20.0. The van der Waals surface area contributed by atoms with Crippen LogP contribution >= 0.6 is 15.9 Å².